The molecule has 0 aliphatic carbocycles. The minimum Gasteiger partial charge on any atom is -0.472 e. The summed E-state index contributed by atoms with van der Waals surface area (Å²) in [5.41, 5.74) is 0.483. The molecule has 5 heteroatoms. The van der Waals surface area contributed by atoms with Crippen molar-refractivity contribution in [2.75, 3.05) is 0 Å². The van der Waals surface area contributed by atoms with Gasteiger partial charge in [-0.3, -0.25) is 4.79 Å². The molecule has 0 unspecified atom stereocenters. The van der Waals surface area contributed by atoms with Crippen LogP contribution in [0, 0.1) is 0 Å². The SMILES string of the molecule is Cn1cnnc1C(=O)c1ccoc1. The zero-order valence-electron chi connectivity index (χ0n) is 6.97. The monoisotopic (exact) mass is 177 g/mol. The summed E-state index contributed by atoms with van der Waals surface area (Å²) in [6, 6.07) is 1.59. The van der Waals surface area contributed by atoms with Crippen LogP contribution in [-0.2, 0) is 7.05 Å². The van der Waals surface area contributed by atoms with Crippen LogP contribution in [0.15, 0.2) is 29.3 Å². The summed E-state index contributed by atoms with van der Waals surface area (Å²) in [6.07, 6.45) is 4.31. The maximum Gasteiger partial charge on any atom is 0.233 e. The molecule has 2 aromatic rings. The predicted octanol–water partition coefficient (Wildman–Crippen LogP) is 0.639. The molecular weight excluding hydrogens is 170 g/mol. The lowest BCUT2D eigenvalue weighted by molar-refractivity contribution is 0.102. The van der Waals surface area contributed by atoms with Gasteiger partial charge in [-0.1, -0.05) is 0 Å². The molecule has 0 amide bonds. The Morgan fingerprint density at radius 2 is 2.46 bits per heavy atom. The van der Waals surface area contributed by atoms with Gasteiger partial charge in [0.25, 0.3) is 0 Å². The number of carbonyl (C=O) groups is 1. The summed E-state index contributed by atoms with van der Waals surface area (Å²) in [7, 11) is 1.72. The second kappa shape index (κ2) is 2.85. The molecule has 2 heterocycles. The van der Waals surface area contributed by atoms with Crippen molar-refractivity contribution in [2.24, 2.45) is 7.05 Å². The Labute approximate surface area is 74.0 Å². The number of hydrogen-bond acceptors (Lipinski definition) is 4. The molecule has 5 nitrogen and oxygen atoms in total. The lowest BCUT2D eigenvalue weighted by Crippen LogP contribution is -2.07. The molecule has 0 aliphatic rings. The van der Waals surface area contributed by atoms with Gasteiger partial charge in [-0.05, 0) is 6.07 Å². The highest BCUT2D eigenvalue weighted by atomic mass is 16.3. The van der Waals surface area contributed by atoms with E-state index in [1.165, 1.54) is 18.9 Å². The van der Waals surface area contributed by atoms with Gasteiger partial charge < -0.3 is 8.98 Å². The third-order valence-electron chi connectivity index (χ3n) is 1.70. The molecule has 0 N–H and O–H groups in total. The first-order valence-corrected chi connectivity index (χ1v) is 3.70. The van der Waals surface area contributed by atoms with Crippen molar-refractivity contribution in [3.8, 4) is 0 Å². The summed E-state index contributed by atoms with van der Waals surface area (Å²) in [6.45, 7) is 0. The normalized spacial score (nSPS) is 10.2. The average Bonchev–Trinajstić information content (AvgIpc) is 2.72. The van der Waals surface area contributed by atoms with Crippen LogP contribution in [0.5, 0.6) is 0 Å². The summed E-state index contributed by atoms with van der Waals surface area (Å²) < 4.78 is 6.36. The van der Waals surface area contributed by atoms with Gasteiger partial charge in [0.2, 0.25) is 11.6 Å². The van der Waals surface area contributed by atoms with E-state index >= 15 is 0 Å². The fourth-order valence-electron chi connectivity index (χ4n) is 1.01. The largest absolute Gasteiger partial charge is 0.472 e. The number of aryl methyl sites for hydroxylation is 1. The topological polar surface area (TPSA) is 60.9 Å². The molecule has 2 rings (SSSR count). The fourth-order valence-corrected chi connectivity index (χ4v) is 1.01. The highest BCUT2D eigenvalue weighted by Gasteiger charge is 2.14. The maximum absolute atomic E-state index is 11.6. The van der Waals surface area contributed by atoms with Crippen LogP contribution in [0.25, 0.3) is 0 Å². The Kier molecular flexibility index (Phi) is 1.70. The van der Waals surface area contributed by atoms with Gasteiger partial charge in [0, 0.05) is 7.05 Å². The van der Waals surface area contributed by atoms with E-state index < -0.39 is 0 Å². The second-order valence-electron chi connectivity index (χ2n) is 2.61. The molecule has 0 saturated carbocycles. The van der Waals surface area contributed by atoms with Crippen LogP contribution in [0.2, 0.25) is 0 Å². The Morgan fingerprint density at radius 3 is 3.00 bits per heavy atom. The number of rotatable bonds is 2. The zero-order chi connectivity index (χ0) is 9.26. The molecule has 0 spiro atoms. The molecule has 2 aromatic heterocycles. The molecule has 0 atom stereocenters. The molecule has 0 aromatic carbocycles. The highest BCUT2D eigenvalue weighted by Crippen LogP contribution is 2.06. The molecule has 0 fully saturated rings. The van der Waals surface area contributed by atoms with Gasteiger partial charge in [0.05, 0.1) is 11.8 Å². The average molecular weight is 177 g/mol. The van der Waals surface area contributed by atoms with E-state index in [1.54, 1.807) is 17.7 Å². The first kappa shape index (κ1) is 7.72. The van der Waals surface area contributed by atoms with Gasteiger partial charge >= 0.3 is 0 Å². The smallest absolute Gasteiger partial charge is 0.233 e. The van der Waals surface area contributed by atoms with Crippen molar-refractivity contribution < 1.29 is 9.21 Å². The van der Waals surface area contributed by atoms with Gasteiger partial charge in [-0.15, -0.1) is 10.2 Å². The van der Waals surface area contributed by atoms with Crippen molar-refractivity contribution in [1.82, 2.24) is 14.8 Å². The first-order valence-electron chi connectivity index (χ1n) is 3.70. The summed E-state index contributed by atoms with van der Waals surface area (Å²) in [5, 5.41) is 7.31. The summed E-state index contributed by atoms with van der Waals surface area (Å²) in [5.74, 6) is 0.121. The molecule has 0 radical (unpaired) electrons. The third kappa shape index (κ3) is 1.24. The number of carbonyl (C=O) groups excluding carboxylic acids is 1. The van der Waals surface area contributed by atoms with E-state index in [0.29, 0.717) is 11.4 Å². The van der Waals surface area contributed by atoms with E-state index in [4.69, 9.17) is 4.42 Å². The molecule has 13 heavy (non-hydrogen) atoms. The van der Waals surface area contributed by atoms with E-state index in [1.807, 2.05) is 0 Å². The fraction of sp³-hybridized carbons (Fsp3) is 0.125. The lowest BCUT2D eigenvalue weighted by Gasteiger charge is -1.94. The van der Waals surface area contributed by atoms with Crippen LogP contribution in [0.3, 0.4) is 0 Å². The molecule has 0 aliphatic heterocycles. The third-order valence-corrected chi connectivity index (χ3v) is 1.70. The van der Waals surface area contributed by atoms with Crippen molar-refractivity contribution in [2.45, 2.75) is 0 Å². The Bertz CT molecular complexity index is 416. The Morgan fingerprint density at radius 1 is 1.62 bits per heavy atom. The minimum absolute atomic E-state index is 0.186. The van der Waals surface area contributed by atoms with Gasteiger partial charge in [-0.25, -0.2) is 0 Å². The highest BCUT2D eigenvalue weighted by molar-refractivity contribution is 6.06. The molecule has 0 bridgehead atoms. The van der Waals surface area contributed by atoms with Crippen LogP contribution in [0.4, 0.5) is 0 Å². The zero-order valence-corrected chi connectivity index (χ0v) is 6.97. The van der Waals surface area contributed by atoms with Crippen LogP contribution >= 0.6 is 0 Å². The van der Waals surface area contributed by atoms with Gasteiger partial charge in [0.1, 0.15) is 12.6 Å². The Hall–Kier alpha value is -1.91. The van der Waals surface area contributed by atoms with E-state index in [0.717, 1.165) is 0 Å². The van der Waals surface area contributed by atoms with Crippen molar-refractivity contribution in [1.29, 1.82) is 0 Å². The number of furan rings is 1. The van der Waals surface area contributed by atoms with Gasteiger partial charge in [-0.2, -0.15) is 0 Å². The number of hydrogen-bond donors (Lipinski definition) is 0. The number of nitrogens with zero attached hydrogens (tertiary/aromatic N) is 3. The first-order chi connectivity index (χ1) is 6.29. The van der Waals surface area contributed by atoms with Crippen molar-refractivity contribution >= 4 is 5.78 Å². The minimum atomic E-state index is -0.186. The van der Waals surface area contributed by atoms with Crippen LogP contribution < -0.4 is 0 Å². The Balaban J connectivity index is 2.39. The standard InChI is InChI=1S/C8H7N3O2/c1-11-5-9-10-8(11)7(12)6-2-3-13-4-6/h2-5H,1H3. The van der Waals surface area contributed by atoms with Crippen molar-refractivity contribution in [3.63, 3.8) is 0 Å². The van der Waals surface area contributed by atoms with Crippen molar-refractivity contribution in [3.05, 3.63) is 36.3 Å². The van der Waals surface area contributed by atoms with E-state index in [2.05, 4.69) is 10.2 Å². The predicted molar refractivity (Wildman–Crippen MR) is 43.1 cm³/mol. The number of aromatic nitrogens is 3. The van der Waals surface area contributed by atoms with Crippen LogP contribution in [0.1, 0.15) is 16.2 Å². The molecule has 0 saturated heterocycles. The van der Waals surface area contributed by atoms with Gasteiger partial charge in [0.15, 0.2) is 0 Å². The molecule has 66 valence electrons. The summed E-state index contributed by atoms with van der Waals surface area (Å²) >= 11 is 0. The molecular formula is C8H7N3O2. The van der Waals surface area contributed by atoms with E-state index in [9.17, 15) is 4.79 Å². The quantitative estimate of drug-likeness (QED) is 0.631. The maximum atomic E-state index is 11.6. The lowest BCUT2D eigenvalue weighted by atomic mass is 10.2. The van der Waals surface area contributed by atoms with Crippen LogP contribution in [-0.4, -0.2) is 20.5 Å². The number of ketones is 1. The summed E-state index contributed by atoms with van der Waals surface area (Å²) in [4.78, 5) is 11.6. The van der Waals surface area contributed by atoms with E-state index in [-0.39, 0.29) is 5.78 Å². The second-order valence-corrected chi connectivity index (χ2v) is 2.61.